The number of esters is 1. The van der Waals surface area contributed by atoms with Crippen molar-refractivity contribution in [3.05, 3.63) is 23.8 Å². The Bertz CT molecular complexity index is 285. The van der Waals surface area contributed by atoms with Gasteiger partial charge in [0.15, 0.2) is 0 Å². The van der Waals surface area contributed by atoms with Crippen molar-refractivity contribution in [3.63, 3.8) is 0 Å². The van der Waals surface area contributed by atoms with Crippen molar-refractivity contribution in [2.45, 2.75) is 39.7 Å². The van der Waals surface area contributed by atoms with Gasteiger partial charge >= 0.3 is 5.97 Å². The molecule has 0 aliphatic heterocycles. The number of ether oxygens (including phenoxy) is 1. The molecule has 0 spiro atoms. The lowest BCUT2D eigenvalue weighted by Gasteiger charge is -2.35. The van der Waals surface area contributed by atoms with Gasteiger partial charge in [0.2, 0.25) is 0 Å². The highest BCUT2D eigenvalue weighted by Gasteiger charge is 2.33. The molecule has 1 rings (SSSR count). The van der Waals surface area contributed by atoms with E-state index in [1.54, 1.807) is 0 Å². The maximum atomic E-state index is 10.9. The number of hydrogen-bond acceptors (Lipinski definition) is 2. The molecule has 0 heterocycles. The first-order chi connectivity index (χ1) is 6.43. The fourth-order valence-electron chi connectivity index (χ4n) is 2.01. The molecule has 1 aliphatic rings. The predicted molar refractivity (Wildman–Crippen MR) is 56.8 cm³/mol. The number of allylic oxidation sites excluding steroid dienone is 3. The van der Waals surface area contributed by atoms with Gasteiger partial charge in [-0.15, -0.1) is 0 Å². The zero-order valence-electron chi connectivity index (χ0n) is 9.33. The number of rotatable bonds is 2. The molecule has 0 bridgehead atoms. The first-order valence-corrected chi connectivity index (χ1v) is 4.96. The molecular formula is C12H18O2. The summed E-state index contributed by atoms with van der Waals surface area (Å²) < 4.78 is 5.33. The molecule has 2 heteroatoms. The predicted octanol–water partition coefficient (Wildman–Crippen LogP) is 2.85. The minimum Gasteiger partial charge on any atom is -0.459 e. The van der Waals surface area contributed by atoms with Gasteiger partial charge in [0.1, 0.15) is 5.60 Å². The van der Waals surface area contributed by atoms with E-state index in [1.807, 2.05) is 13.8 Å². The van der Waals surface area contributed by atoms with E-state index in [2.05, 4.69) is 25.2 Å². The summed E-state index contributed by atoms with van der Waals surface area (Å²) in [5.41, 5.74) is 0.871. The van der Waals surface area contributed by atoms with E-state index in [0.717, 1.165) is 6.42 Å². The average Bonchev–Trinajstić information content (AvgIpc) is 2.02. The third kappa shape index (κ3) is 2.47. The zero-order valence-corrected chi connectivity index (χ0v) is 9.33. The maximum absolute atomic E-state index is 10.9. The van der Waals surface area contributed by atoms with E-state index < -0.39 is 5.60 Å². The Morgan fingerprint density at radius 1 is 1.57 bits per heavy atom. The van der Waals surface area contributed by atoms with Crippen LogP contribution in [0.3, 0.4) is 0 Å². The van der Waals surface area contributed by atoms with Gasteiger partial charge in [0.05, 0.1) is 0 Å². The molecule has 0 aromatic rings. The Labute approximate surface area is 85.6 Å². The summed E-state index contributed by atoms with van der Waals surface area (Å²) in [7, 11) is 0. The standard InChI is InChI=1S/C12H18O2/c1-9-7-5-6-8-11(9)12(3,4)14-10(2)13/h5-7,11H,8H2,1-4H3. The summed E-state index contributed by atoms with van der Waals surface area (Å²) >= 11 is 0. The molecule has 0 aromatic heterocycles. The van der Waals surface area contributed by atoms with Crippen LogP contribution in [0.4, 0.5) is 0 Å². The quantitative estimate of drug-likeness (QED) is 0.632. The smallest absolute Gasteiger partial charge is 0.303 e. The highest BCUT2D eigenvalue weighted by atomic mass is 16.6. The first-order valence-electron chi connectivity index (χ1n) is 4.96. The van der Waals surface area contributed by atoms with Crippen molar-refractivity contribution >= 4 is 5.97 Å². The van der Waals surface area contributed by atoms with Gasteiger partial charge in [-0.3, -0.25) is 4.79 Å². The average molecular weight is 194 g/mol. The van der Waals surface area contributed by atoms with Gasteiger partial charge in [-0.25, -0.2) is 0 Å². The van der Waals surface area contributed by atoms with Crippen LogP contribution in [0.2, 0.25) is 0 Å². The van der Waals surface area contributed by atoms with Crippen molar-refractivity contribution in [2.24, 2.45) is 5.92 Å². The molecular weight excluding hydrogens is 176 g/mol. The van der Waals surface area contributed by atoms with Gasteiger partial charge < -0.3 is 4.74 Å². The van der Waals surface area contributed by atoms with Gasteiger partial charge in [-0.2, -0.15) is 0 Å². The lowest BCUT2D eigenvalue weighted by Crippen LogP contribution is -2.37. The van der Waals surface area contributed by atoms with E-state index in [4.69, 9.17) is 4.74 Å². The van der Waals surface area contributed by atoms with Crippen LogP contribution < -0.4 is 0 Å². The second kappa shape index (κ2) is 3.99. The van der Waals surface area contributed by atoms with Crippen molar-refractivity contribution in [1.29, 1.82) is 0 Å². The van der Waals surface area contributed by atoms with Gasteiger partial charge in [0, 0.05) is 12.8 Å². The largest absolute Gasteiger partial charge is 0.459 e. The molecule has 0 saturated heterocycles. The molecule has 1 aliphatic carbocycles. The van der Waals surface area contributed by atoms with Gasteiger partial charge in [-0.05, 0) is 27.2 Å². The third-order valence-electron chi connectivity index (χ3n) is 2.66. The van der Waals surface area contributed by atoms with Crippen LogP contribution in [0.1, 0.15) is 34.1 Å². The van der Waals surface area contributed by atoms with Crippen molar-refractivity contribution in [1.82, 2.24) is 0 Å². The molecule has 2 nitrogen and oxygen atoms in total. The Morgan fingerprint density at radius 3 is 2.71 bits per heavy atom. The van der Waals surface area contributed by atoms with Crippen LogP contribution in [0, 0.1) is 5.92 Å². The van der Waals surface area contributed by atoms with Gasteiger partial charge in [-0.1, -0.05) is 23.8 Å². The molecule has 14 heavy (non-hydrogen) atoms. The summed E-state index contributed by atoms with van der Waals surface area (Å²) in [4.78, 5) is 10.9. The van der Waals surface area contributed by atoms with E-state index in [0.29, 0.717) is 5.92 Å². The minimum absolute atomic E-state index is 0.211. The second-order valence-corrected chi connectivity index (χ2v) is 4.32. The Hall–Kier alpha value is -1.05. The lowest BCUT2D eigenvalue weighted by molar-refractivity contribution is -0.157. The van der Waals surface area contributed by atoms with Crippen molar-refractivity contribution < 1.29 is 9.53 Å². The summed E-state index contributed by atoms with van der Waals surface area (Å²) in [5, 5.41) is 0. The van der Waals surface area contributed by atoms with E-state index in [-0.39, 0.29) is 5.97 Å². The van der Waals surface area contributed by atoms with Crippen LogP contribution in [-0.4, -0.2) is 11.6 Å². The molecule has 0 radical (unpaired) electrons. The Balaban J connectivity index is 2.77. The molecule has 0 N–H and O–H groups in total. The maximum Gasteiger partial charge on any atom is 0.303 e. The molecule has 1 unspecified atom stereocenters. The van der Waals surface area contributed by atoms with E-state index in [1.165, 1.54) is 12.5 Å². The molecule has 78 valence electrons. The van der Waals surface area contributed by atoms with Crippen LogP contribution in [0.25, 0.3) is 0 Å². The SMILES string of the molecule is CC(=O)OC(C)(C)C1CC=CC=C1C. The van der Waals surface area contributed by atoms with Crippen LogP contribution in [0.5, 0.6) is 0 Å². The number of carbonyl (C=O) groups is 1. The summed E-state index contributed by atoms with van der Waals surface area (Å²) in [6.45, 7) is 7.48. The van der Waals surface area contributed by atoms with Crippen molar-refractivity contribution in [2.75, 3.05) is 0 Å². The number of carbonyl (C=O) groups excluding carboxylic acids is 1. The fourth-order valence-corrected chi connectivity index (χ4v) is 2.01. The Morgan fingerprint density at radius 2 is 2.21 bits per heavy atom. The van der Waals surface area contributed by atoms with Crippen LogP contribution >= 0.6 is 0 Å². The second-order valence-electron chi connectivity index (χ2n) is 4.32. The zero-order chi connectivity index (χ0) is 10.8. The van der Waals surface area contributed by atoms with Crippen LogP contribution in [0.15, 0.2) is 23.8 Å². The van der Waals surface area contributed by atoms with Crippen molar-refractivity contribution in [3.8, 4) is 0 Å². The van der Waals surface area contributed by atoms with E-state index >= 15 is 0 Å². The monoisotopic (exact) mass is 194 g/mol. The fraction of sp³-hybridized carbons (Fsp3) is 0.583. The number of hydrogen-bond donors (Lipinski definition) is 0. The third-order valence-corrected chi connectivity index (χ3v) is 2.66. The molecule has 0 aromatic carbocycles. The minimum atomic E-state index is -0.406. The lowest BCUT2D eigenvalue weighted by atomic mass is 9.80. The molecule has 0 fully saturated rings. The van der Waals surface area contributed by atoms with Crippen LogP contribution in [-0.2, 0) is 9.53 Å². The molecule has 1 atom stereocenters. The van der Waals surface area contributed by atoms with Gasteiger partial charge in [0.25, 0.3) is 0 Å². The molecule has 0 saturated carbocycles. The first kappa shape index (κ1) is 11.0. The molecule has 0 amide bonds. The highest BCUT2D eigenvalue weighted by Crippen LogP contribution is 2.33. The normalized spacial score (nSPS) is 21.7. The Kier molecular flexibility index (Phi) is 3.14. The summed E-state index contributed by atoms with van der Waals surface area (Å²) in [6, 6.07) is 0. The summed E-state index contributed by atoms with van der Waals surface area (Å²) in [6.07, 6.45) is 7.20. The highest BCUT2D eigenvalue weighted by molar-refractivity contribution is 5.66. The van der Waals surface area contributed by atoms with E-state index in [9.17, 15) is 4.79 Å². The summed E-state index contributed by atoms with van der Waals surface area (Å²) in [5.74, 6) is 0.0914. The topological polar surface area (TPSA) is 26.3 Å².